The minimum absolute atomic E-state index is 0.0559. The molecule has 1 aliphatic rings. The average molecular weight is 391 g/mol. The fraction of sp³-hybridized carbons (Fsp3) is 0.467. The smallest absolute Gasteiger partial charge is 0.293 e. The third-order valence-electron chi connectivity index (χ3n) is 4.28. The molecular formula is C15H16F3N3O4S. The highest BCUT2D eigenvalue weighted by Gasteiger charge is 2.41. The summed E-state index contributed by atoms with van der Waals surface area (Å²) in [4.78, 5) is 25.6. The van der Waals surface area contributed by atoms with Crippen LogP contribution in [0.4, 0.5) is 13.2 Å². The van der Waals surface area contributed by atoms with Gasteiger partial charge >= 0.3 is 11.9 Å². The van der Waals surface area contributed by atoms with Crippen molar-refractivity contribution in [3.63, 3.8) is 0 Å². The van der Waals surface area contributed by atoms with E-state index in [4.69, 9.17) is 0 Å². The lowest BCUT2D eigenvalue weighted by Gasteiger charge is -2.14. The van der Waals surface area contributed by atoms with Crippen LogP contribution in [0.5, 0.6) is 0 Å². The van der Waals surface area contributed by atoms with E-state index in [2.05, 4.69) is 4.72 Å². The van der Waals surface area contributed by atoms with Crippen molar-refractivity contribution in [1.82, 2.24) is 14.3 Å². The molecule has 1 heterocycles. The van der Waals surface area contributed by atoms with E-state index < -0.39 is 46.0 Å². The topological polar surface area (TPSA) is 101 Å². The molecule has 2 aromatic rings. The van der Waals surface area contributed by atoms with Crippen molar-refractivity contribution in [2.75, 3.05) is 0 Å². The van der Waals surface area contributed by atoms with E-state index in [9.17, 15) is 31.2 Å². The van der Waals surface area contributed by atoms with Crippen molar-refractivity contribution in [3.05, 3.63) is 39.0 Å². The summed E-state index contributed by atoms with van der Waals surface area (Å²) in [5, 5.41) is -0.171. The maximum absolute atomic E-state index is 12.5. The van der Waals surface area contributed by atoms with Gasteiger partial charge in [-0.3, -0.25) is 14.3 Å². The maximum atomic E-state index is 12.5. The molecule has 0 unspecified atom stereocenters. The molecule has 1 aromatic carbocycles. The maximum Gasteiger partial charge on any atom is 0.390 e. The number of rotatable bonds is 5. The Morgan fingerprint density at radius 2 is 1.92 bits per heavy atom. The second-order valence-corrected chi connectivity index (χ2v) is 8.30. The SMILES string of the molecule is CC1(NS(=O)(=O)c2ccc3c(c2)c(=O)[nH]c(=O)n3CCC(F)(F)F)CC1. The zero-order valence-electron chi connectivity index (χ0n) is 13.7. The number of sulfonamides is 1. The fourth-order valence-corrected chi connectivity index (χ4v) is 4.07. The van der Waals surface area contributed by atoms with Crippen molar-refractivity contribution in [2.45, 2.75) is 49.3 Å². The fourth-order valence-electron chi connectivity index (χ4n) is 2.57. The predicted molar refractivity (Wildman–Crippen MR) is 87.5 cm³/mol. The Morgan fingerprint density at radius 1 is 1.27 bits per heavy atom. The molecule has 0 spiro atoms. The van der Waals surface area contributed by atoms with Gasteiger partial charge in [0.15, 0.2) is 0 Å². The van der Waals surface area contributed by atoms with Crippen LogP contribution in [0, 0.1) is 0 Å². The van der Waals surface area contributed by atoms with Crippen molar-refractivity contribution < 1.29 is 21.6 Å². The molecule has 1 saturated carbocycles. The van der Waals surface area contributed by atoms with Crippen LogP contribution in [0.3, 0.4) is 0 Å². The number of fused-ring (bicyclic) bond motifs is 1. The lowest BCUT2D eigenvalue weighted by molar-refractivity contribution is -0.136. The quantitative estimate of drug-likeness (QED) is 0.806. The lowest BCUT2D eigenvalue weighted by Crippen LogP contribution is -2.35. The third-order valence-corrected chi connectivity index (χ3v) is 5.92. The summed E-state index contributed by atoms with van der Waals surface area (Å²) in [6.45, 7) is 1.06. The van der Waals surface area contributed by atoms with Gasteiger partial charge in [0.1, 0.15) is 0 Å². The molecule has 2 N–H and O–H groups in total. The first-order valence-corrected chi connectivity index (χ1v) is 9.26. The van der Waals surface area contributed by atoms with Crippen LogP contribution in [0.15, 0.2) is 32.7 Å². The molecule has 0 amide bonds. The standard InChI is InChI=1S/C15H16F3N3O4S/c1-14(4-5-14)20-26(24,25)9-2-3-11-10(8-9)12(22)19-13(23)21(11)7-6-15(16,17)18/h2-3,8,20H,4-7H2,1H3,(H,19,22,23). The first-order chi connectivity index (χ1) is 11.9. The van der Waals surface area contributed by atoms with Crippen molar-refractivity contribution in [1.29, 1.82) is 0 Å². The zero-order chi connectivity index (χ0) is 19.3. The van der Waals surface area contributed by atoms with Crippen LogP contribution in [-0.2, 0) is 16.6 Å². The Morgan fingerprint density at radius 3 is 2.50 bits per heavy atom. The Labute approximate surface area is 145 Å². The van der Waals surface area contributed by atoms with Crippen LogP contribution in [-0.4, -0.2) is 29.7 Å². The Kier molecular flexibility index (Phi) is 4.26. The minimum atomic E-state index is -4.48. The Bertz CT molecular complexity index is 1080. The summed E-state index contributed by atoms with van der Waals surface area (Å²) in [7, 11) is -3.89. The van der Waals surface area contributed by atoms with E-state index in [0.29, 0.717) is 12.8 Å². The van der Waals surface area contributed by atoms with E-state index in [1.165, 1.54) is 12.1 Å². The van der Waals surface area contributed by atoms with Crippen LogP contribution < -0.4 is 16.0 Å². The van der Waals surface area contributed by atoms with E-state index >= 15 is 0 Å². The number of nitrogens with one attached hydrogen (secondary N) is 2. The second-order valence-electron chi connectivity index (χ2n) is 6.62. The Balaban J connectivity index is 2.07. The summed E-state index contributed by atoms with van der Waals surface area (Å²) >= 11 is 0. The first-order valence-electron chi connectivity index (χ1n) is 7.78. The summed E-state index contributed by atoms with van der Waals surface area (Å²) < 4.78 is 65.5. The van der Waals surface area contributed by atoms with Crippen LogP contribution in [0.1, 0.15) is 26.2 Å². The number of benzene rings is 1. The minimum Gasteiger partial charge on any atom is -0.293 e. The summed E-state index contributed by atoms with van der Waals surface area (Å²) in [6, 6.07) is 3.40. The first kappa shape index (κ1) is 18.6. The number of hydrogen-bond acceptors (Lipinski definition) is 4. The van der Waals surface area contributed by atoms with Gasteiger partial charge in [-0.1, -0.05) is 0 Å². The average Bonchev–Trinajstić information content (AvgIpc) is 3.21. The van der Waals surface area contributed by atoms with Gasteiger partial charge < -0.3 is 0 Å². The van der Waals surface area contributed by atoms with Crippen LogP contribution in [0.25, 0.3) is 10.9 Å². The van der Waals surface area contributed by atoms with E-state index in [1.807, 2.05) is 4.98 Å². The monoisotopic (exact) mass is 391 g/mol. The molecule has 0 bridgehead atoms. The number of H-pyrrole nitrogens is 1. The van der Waals surface area contributed by atoms with Gasteiger partial charge in [0, 0.05) is 12.1 Å². The number of aromatic amines is 1. The van der Waals surface area contributed by atoms with Crippen molar-refractivity contribution in [2.24, 2.45) is 0 Å². The molecule has 26 heavy (non-hydrogen) atoms. The number of alkyl halides is 3. The van der Waals surface area contributed by atoms with Gasteiger partial charge in [-0.15, -0.1) is 0 Å². The largest absolute Gasteiger partial charge is 0.390 e. The second kappa shape index (κ2) is 5.95. The summed E-state index contributed by atoms with van der Waals surface area (Å²) in [6.07, 6.45) is -4.35. The zero-order valence-corrected chi connectivity index (χ0v) is 14.5. The highest BCUT2D eigenvalue weighted by molar-refractivity contribution is 7.89. The van der Waals surface area contributed by atoms with Crippen molar-refractivity contribution >= 4 is 20.9 Å². The van der Waals surface area contributed by atoms with E-state index in [-0.39, 0.29) is 15.8 Å². The molecule has 7 nitrogen and oxygen atoms in total. The number of aryl methyl sites for hydroxylation is 1. The van der Waals surface area contributed by atoms with Gasteiger partial charge in [0.25, 0.3) is 5.56 Å². The summed E-state index contributed by atoms with van der Waals surface area (Å²) in [5.74, 6) is 0. The molecule has 0 aliphatic heterocycles. The van der Waals surface area contributed by atoms with Gasteiger partial charge in [-0.25, -0.2) is 17.9 Å². The van der Waals surface area contributed by atoms with Gasteiger partial charge in [0.05, 0.1) is 22.2 Å². The van der Waals surface area contributed by atoms with Gasteiger partial charge in [0.2, 0.25) is 10.0 Å². The Hall–Kier alpha value is -2.14. The number of nitrogens with zero attached hydrogens (tertiary/aromatic N) is 1. The number of hydrogen-bond donors (Lipinski definition) is 2. The molecular weight excluding hydrogens is 375 g/mol. The van der Waals surface area contributed by atoms with Gasteiger partial charge in [-0.05, 0) is 38.0 Å². The molecule has 0 saturated heterocycles. The number of halogens is 3. The molecule has 1 aliphatic carbocycles. The normalized spacial score (nSPS) is 16.8. The highest BCUT2D eigenvalue weighted by atomic mass is 32.2. The molecule has 1 fully saturated rings. The molecule has 0 atom stereocenters. The lowest BCUT2D eigenvalue weighted by atomic mass is 10.2. The molecule has 3 rings (SSSR count). The number of aromatic nitrogens is 2. The van der Waals surface area contributed by atoms with Crippen LogP contribution >= 0.6 is 0 Å². The van der Waals surface area contributed by atoms with Crippen molar-refractivity contribution in [3.8, 4) is 0 Å². The predicted octanol–water partition coefficient (Wildman–Crippen LogP) is 1.47. The molecule has 1 aromatic heterocycles. The third kappa shape index (κ3) is 3.83. The molecule has 11 heteroatoms. The molecule has 142 valence electrons. The highest BCUT2D eigenvalue weighted by Crippen LogP contribution is 2.36. The van der Waals surface area contributed by atoms with Crippen LogP contribution in [0.2, 0.25) is 0 Å². The van der Waals surface area contributed by atoms with Gasteiger partial charge in [-0.2, -0.15) is 13.2 Å². The molecule has 0 radical (unpaired) electrons. The van der Waals surface area contributed by atoms with E-state index in [0.717, 1.165) is 10.6 Å². The summed E-state index contributed by atoms with van der Waals surface area (Å²) in [5.41, 5.74) is -2.42. The van der Waals surface area contributed by atoms with E-state index in [1.54, 1.807) is 6.92 Å².